The summed E-state index contributed by atoms with van der Waals surface area (Å²) in [6.07, 6.45) is 6.31. The van der Waals surface area contributed by atoms with Crippen molar-refractivity contribution in [3.63, 3.8) is 0 Å². The highest BCUT2D eigenvalue weighted by Gasteiger charge is 2.34. The zero-order valence-electron chi connectivity index (χ0n) is 16.9. The third-order valence-electron chi connectivity index (χ3n) is 5.56. The number of aliphatic hydroxyl groups excluding tert-OH is 1. The number of aliphatic hydroxyl groups is 1. The number of rotatable bonds is 6. The van der Waals surface area contributed by atoms with Gasteiger partial charge in [0.2, 0.25) is 0 Å². The first kappa shape index (κ1) is 20.0. The highest BCUT2D eigenvalue weighted by atomic mass is 16.5. The topological polar surface area (TPSA) is 79.6 Å². The molecule has 0 bridgehead atoms. The molecule has 1 aromatic heterocycles. The number of likely N-dealkylation sites (tertiary alicyclic amines) is 1. The van der Waals surface area contributed by atoms with Crippen molar-refractivity contribution in [3.05, 3.63) is 78.4 Å². The molecule has 2 atom stereocenters. The highest BCUT2D eigenvalue weighted by molar-refractivity contribution is 5.75. The van der Waals surface area contributed by atoms with Gasteiger partial charge in [-0.25, -0.2) is 9.78 Å². The van der Waals surface area contributed by atoms with Crippen LogP contribution in [0.1, 0.15) is 30.1 Å². The van der Waals surface area contributed by atoms with Crippen LogP contribution in [0.4, 0.5) is 4.79 Å². The van der Waals surface area contributed by atoms with Gasteiger partial charge in [-0.15, -0.1) is 0 Å². The van der Waals surface area contributed by atoms with Crippen molar-refractivity contribution in [1.29, 1.82) is 0 Å². The third-order valence-corrected chi connectivity index (χ3v) is 5.56. The molecule has 2 unspecified atom stereocenters. The molecule has 2 amide bonds. The lowest BCUT2D eigenvalue weighted by Crippen LogP contribution is -2.44. The number of hydrogen-bond acceptors (Lipinski definition) is 4. The van der Waals surface area contributed by atoms with Gasteiger partial charge in [0.1, 0.15) is 5.75 Å². The zero-order chi connectivity index (χ0) is 20.9. The number of methoxy groups -OCH3 is 1. The fourth-order valence-electron chi connectivity index (χ4n) is 3.87. The van der Waals surface area contributed by atoms with Crippen molar-refractivity contribution < 1.29 is 14.6 Å². The smallest absolute Gasteiger partial charge is 0.318 e. The number of carbonyl (C=O) groups is 1. The Balaban J connectivity index is 1.36. The van der Waals surface area contributed by atoms with E-state index in [-0.39, 0.29) is 12.1 Å². The van der Waals surface area contributed by atoms with Crippen LogP contribution < -0.4 is 10.1 Å². The van der Waals surface area contributed by atoms with Crippen molar-refractivity contribution in [3.8, 4) is 11.4 Å². The van der Waals surface area contributed by atoms with Crippen LogP contribution in [0.25, 0.3) is 5.69 Å². The van der Waals surface area contributed by atoms with Crippen molar-refractivity contribution >= 4 is 6.03 Å². The molecular weight excluding hydrogens is 380 g/mol. The van der Waals surface area contributed by atoms with Gasteiger partial charge >= 0.3 is 6.03 Å². The molecule has 2 heterocycles. The molecule has 2 N–H and O–H groups in total. The lowest BCUT2D eigenvalue weighted by Gasteiger charge is -2.29. The summed E-state index contributed by atoms with van der Waals surface area (Å²) in [7, 11) is 1.61. The normalized spacial score (nSPS) is 17.0. The van der Waals surface area contributed by atoms with E-state index in [1.807, 2.05) is 59.3 Å². The lowest BCUT2D eigenvalue weighted by atomic mass is 10.0. The average molecular weight is 406 g/mol. The van der Waals surface area contributed by atoms with Crippen LogP contribution in [0.3, 0.4) is 0 Å². The maximum atomic E-state index is 12.8. The molecule has 156 valence electrons. The van der Waals surface area contributed by atoms with Crippen LogP contribution in [0.5, 0.6) is 5.75 Å². The second kappa shape index (κ2) is 9.00. The van der Waals surface area contributed by atoms with Crippen molar-refractivity contribution in [2.45, 2.75) is 31.5 Å². The number of aromatic nitrogens is 2. The Morgan fingerprint density at radius 3 is 2.67 bits per heavy atom. The molecule has 1 saturated heterocycles. The van der Waals surface area contributed by atoms with Gasteiger partial charge < -0.3 is 24.6 Å². The molecule has 7 heteroatoms. The van der Waals surface area contributed by atoms with Crippen LogP contribution in [0.15, 0.2) is 67.3 Å². The van der Waals surface area contributed by atoms with E-state index in [1.165, 1.54) is 0 Å². The summed E-state index contributed by atoms with van der Waals surface area (Å²) < 4.78 is 7.10. The van der Waals surface area contributed by atoms with Gasteiger partial charge in [-0.3, -0.25) is 0 Å². The van der Waals surface area contributed by atoms with Gasteiger partial charge in [0.05, 0.1) is 25.6 Å². The number of amides is 2. The lowest BCUT2D eigenvalue weighted by molar-refractivity contribution is 0.0852. The van der Waals surface area contributed by atoms with E-state index >= 15 is 0 Å². The Morgan fingerprint density at radius 1 is 1.23 bits per heavy atom. The first-order chi connectivity index (χ1) is 14.7. The van der Waals surface area contributed by atoms with Gasteiger partial charge in [-0.2, -0.15) is 0 Å². The SMILES string of the molecule is COc1ccc(C(O)C2CCCN2C(=O)NCc2ccc(-n3ccnc3)cc2)cc1. The molecule has 3 aromatic rings. The number of ether oxygens (including phenoxy) is 1. The van der Waals surface area contributed by atoms with Gasteiger partial charge in [0, 0.05) is 31.2 Å². The molecule has 1 aliphatic rings. The average Bonchev–Trinajstić information content (AvgIpc) is 3.50. The summed E-state index contributed by atoms with van der Waals surface area (Å²) in [4.78, 5) is 18.6. The minimum Gasteiger partial charge on any atom is -0.497 e. The van der Waals surface area contributed by atoms with Crippen LogP contribution in [0.2, 0.25) is 0 Å². The quantitative estimate of drug-likeness (QED) is 0.658. The van der Waals surface area contributed by atoms with E-state index in [0.717, 1.165) is 35.4 Å². The second-order valence-corrected chi connectivity index (χ2v) is 7.42. The fourth-order valence-corrected chi connectivity index (χ4v) is 3.87. The molecule has 1 aliphatic heterocycles. The molecule has 4 rings (SSSR count). The number of urea groups is 1. The Labute approximate surface area is 175 Å². The first-order valence-electron chi connectivity index (χ1n) is 10.1. The molecule has 0 radical (unpaired) electrons. The van der Waals surface area contributed by atoms with Crippen LogP contribution >= 0.6 is 0 Å². The molecule has 7 nitrogen and oxygen atoms in total. The summed E-state index contributed by atoms with van der Waals surface area (Å²) in [5.74, 6) is 0.742. The molecule has 2 aromatic carbocycles. The fraction of sp³-hybridized carbons (Fsp3) is 0.304. The van der Waals surface area contributed by atoms with Gasteiger partial charge in [-0.05, 0) is 48.2 Å². The van der Waals surface area contributed by atoms with Crippen molar-refractivity contribution in [2.75, 3.05) is 13.7 Å². The van der Waals surface area contributed by atoms with E-state index in [0.29, 0.717) is 13.1 Å². The largest absolute Gasteiger partial charge is 0.497 e. The van der Waals surface area contributed by atoms with E-state index in [1.54, 1.807) is 24.5 Å². The number of carbonyl (C=O) groups excluding carboxylic acids is 1. The molecular formula is C23H26N4O3. The minimum atomic E-state index is -0.724. The predicted octanol–water partition coefficient (Wildman–Crippen LogP) is 3.29. The van der Waals surface area contributed by atoms with E-state index in [2.05, 4.69) is 10.3 Å². The van der Waals surface area contributed by atoms with E-state index in [4.69, 9.17) is 4.74 Å². The number of benzene rings is 2. The summed E-state index contributed by atoms with van der Waals surface area (Å²) in [6, 6.07) is 14.9. The van der Waals surface area contributed by atoms with Gasteiger partial charge in [-0.1, -0.05) is 24.3 Å². The maximum Gasteiger partial charge on any atom is 0.318 e. The highest BCUT2D eigenvalue weighted by Crippen LogP contribution is 2.30. The maximum absolute atomic E-state index is 12.8. The monoisotopic (exact) mass is 406 g/mol. The zero-order valence-corrected chi connectivity index (χ0v) is 16.9. The first-order valence-corrected chi connectivity index (χ1v) is 10.1. The summed E-state index contributed by atoms with van der Waals surface area (Å²) in [6.45, 7) is 1.08. The summed E-state index contributed by atoms with van der Waals surface area (Å²) >= 11 is 0. The van der Waals surface area contributed by atoms with Gasteiger partial charge in [0.15, 0.2) is 0 Å². The molecule has 0 saturated carbocycles. The Hall–Kier alpha value is -3.32. The van der Waals surface area contributed by atoms with Crippen molar-refractivity contribution in [1.82, 2.24) is 19.8 Å². The molecule has 1 fully saturated rings. The van der Waals surface area contributed by atoms with Crippen molar-refractivity contribution in [2.24, 2.45) is 0 Å². The second-order valence-electron chi connectivity index (χ2n) is 7.42. The third kappa shape index (κ3) is 4.31. The number of nitrogens with one attached hydrogen (secondary N) is 1. The molecule has 0 spiro atoms. The van der Waals surface area contributed by atoms with Crippen LogP contribution in [0, 0.1) is 0 Å². The van der Waals surface area contributed by atoms with Crippen LogP contribution in [-0.4, -0.2) is 45.3 Å². The minimum absolute atomic E-state index is 0.149. The molecule has 30 heavy (non-hydrogen) atoms. The predicted molar refractivity (Wildman–Crippen MR) is 113 cm³/mol. The van der Waals surface area contributed by atoms with Gasteiger partial charge in [0.25, 0.3) is 0 Å². The Morgan fingerprint density at radius 2 is 2.00 bits per heavy atom. The molecule has 0 aliphatic carbocycles. The van der Waals surface area contributed by atoms with E-state index in [9.17, 15) is 9.90 Å². The summed E-state index contributed by atoms with van der Waals surface area (Å²) in [5.41, 5.74) is 2.82. The Bertz CT molecular complexity index is 955. The number of nitrogens with zero attached hydrogens (tertiary/aromatic N) is 3. The number of imidazole rings is 1. The van der Waals surface area contributed by atoms with Crippen LogP contribution in [-0.2, 0) is 6.54 Å². The number of hydrogen-bond donors (Lipinski definition) is 2. The standard InChI is InChI=1S/C23H26N4O3/c1-30-20-10-6-18(7-11-20)22(28)21-3-2-13-27(21)23(29)25-15-17-4-8-19(9-5-17)26-14-12-24-16-26/h4-12,14,16,21-22,28H,2-3,13,15H2,1H3,(H,25,29). The Kier molecular flexibility index (Phi) is 5.99. The van der Waals surface area contributed by atoms with E-state index < -0.39 is 6.10 Å². The summed E-state index contributed by atoms with van der Waals surface area (Å²) in [5, 5.41) is 13.8.